The van der Waals surface area contributed by atoms with Crippen molar-refractivity contribution in [2.45, 2.75) is 63.7 Å². The summed E-state index contributed by atoms with van der Waals surface area (Å²) in [5, 5.41) is 12.1. The van der Waals surface area contributed by atoms with Crippen molar-refractivity contribution >= 4 is 25.3 Å². The number of aryl methyl sites for hydroxylation is 1. The van der Waals surface area contributed by atoms with E-state index in [0.29, 0.717) is 0 Å². The largest absolute Gasteiger partial charge is 0.462 e. The number of aromatic nitrogens is 2. The van der Waals surface area contributed by atoms with Crippen LogP contribution >= 0.6 is 19.3 Å². The van der Waals surface area contributed by atoms with Crippen LogP contribution in [-0.4, -0.2) is 57.0 Å². The second-order valence-electron chi connectivity index (χ2n) is 8.51. The van der Waals surface area contributed by atoms with Crippen LogP contribution in [0.4, 0.5) is 0 Å². The molecule has 3 rings (SSSR count). The van der Waals surface area contributed by atoms with E-state index in [-0.39, 0.29) is 11.3 Å². The molecule has 2 heterocycles. The number of halogens is 1. The van der Waals surface area contributed by atoms with Crippen LogP contribution in [0, 0.1) is 6.92 Å². The molecule has 0 saturated carbocycles. The Bertz CT molecular complexity index is 1220. The van der Waals surface area contributed by atoms with Crippen molar-refractivity contribution in [1.82, 2.24) is 14.6 Å². The van der Waals surface area contributed by atoms with E-state index < -0.39 is 67.5 Å². The van der Waals surface area contributed by atoms with Crippen LogP contribution in [0.5, 0.6) is 5.75 Å². The topological polar surface area (TPSA) is 158 Å². The fraction of sp³-hybridized carbons (Fsp3) is 0.500. The van der Waals surface area contributed by atoms with E-state index in [9.17, 15) is 24.1 Å². The molecule has 0 bridgehead atoms. The first-order chi connectivity index (χ1) is 16.9. The monoisotopic (exact) mass is 545 g/mol. The van der Waals surface area contributed by atoms with Gasteiger partial charge in [0.05, 0.1) is 12.7 Å². The third kappa shape index (κ3) is 6.84. The molecule has 1 aromatic heterocycles. The summed E-state index contributed by atoms with van der Waals surface area (Å²) in [4.78, 5) is 38.3. The van der Waals surface area contributed by atoms with Crippen LogP contribution in [0.2, 0.25) is 0 Å². The highest BCUT2D eigenvalue weighted by Crippen LogP contribution is 2.46. The standard InChI is InChI=1S/C22H29ClN3O9P/c1-12(2)33-21(29)14(4)25-36(31,35-15-8-6-5-7-9-15)32-11-16-18(27)17(23)20(34-16)26-10-13(3)19(28)24-22(26)30/h5-10,12,14,16-18,20,27H,11H2,1-4H3,(H,25,31)(H,24,28,30)/t14-,16-,17+,18?,20-,36?/m0/s1. The van der Waals surface area contributed by atoms with Crippen molar-refractivity contribution in [2.75, 3.05) is 6.61 Å². The Hall–Kier alpha value is -2.47. The SMILES string of the molecule is Cc1cn([C@H]2O[C@@H](COP(=O)(N[C@@H](C)C(=O)OC(C)C)Oc3ccccc3)C(O)[C@H]2Cl)c(=O)[nH]c1=O. The summed E-state index contributed by atoms with van der Waals surface area (Å²) in [6, 6.07) is 7.09. The van der Waals surface area contributed by atoms with Crippen LogP contribution in [-0.2, 0) is 23.4 Å². The van der Waals surface area contributed by atoms with Crippen LogP contribution in [0.25, 0.3) is 0 Å². The Morgan fingerprint density at radius 1 is 1.28 bits per heavy atom. The number of aliphatic hydroxyl groups is 1. The second kappa shape index (κ2) is 11.7. The zero-order valence-electron chi connectivity index (χ0n) is 20.1. The molecule has 2 unspecified atom stereocenters. The summed E-state index contributed by atoms with van der Waals surface area (Å²) < 4.78 is 36.6. The molecule has 1 aliphatic rings. The second-order valence-corrected chi connectivity index (χ2v) is 10.7. The van der Waals surface area contributed by atoms with Gasteiger partial charge in [-0.2, -0.15) is 5.09 Å². The van der Waals surface area contributed by atoms with Gasteiger partial charge in [0.15, 0.2) is 6.23 Å². The maximum atomic E-state index is 13.6. The Morgan fingerprint density at radius 3 is 2.58 bits per heavy atom. The van der Waals surface area contributed by atoms with E-state index in [1.54, 1.807) is 44.2 Å². The average Bonchev–Trinajstić information content (AvgIpc) is 3.08. The summed E-state index contributed by atoms with van der Waals surface area (Å²) >= 11 is 6.32. The van der Waals surface area contributed by atoms with Gasteiger partial charge in [-0.25, -0.2) is 9.36 Å². The minimum absolute atomic E-state index is 0.203. The minimum atomic E-state index is -4.21. The number of aliphatic hydroxyl groups excluding tert-OH is 1. The van der Waals surface area contributed by atoms with Crippen molar-refractivity contribution in [3.63, 3.8) is 0 Å². The van der Waals surface area contributed by atoms with Gasteiger partial charge in [0, 0.05) is 11.8 Å². The lowest BCUT2D eigenvalue weighted by molar-refractivity contribution is -0.149. The van der Waals surface area contributed by atoms with E-state index in [1.807, 2.05) is 0 Å². The molecule has 0 aliphatic carbocycles. The molecule has 1 aromatic carbocycles. The summed E-state index contributed by atoms with van der Waals surface area (Å²) in [6.07, 6.45) is -2.71. The van der Waals surface area contributed by atoms with E-state index in [1.165, 1.54) is 20.0 Å². The van der Waals surface area contributed by atoms with Gasteiger partial charge < -0.3 is 19.1 Å². The van der Waals surface area contributed by atoms with Crippen molar-refractivity contribution in [2.24, 2.45) is 0 Å². The van der Waals surface area contributed by atoms with Gasteiger partial charge in [-0.15, -0.1) is 11.6 Å². The lowest BCUT2D eigenvalue weighted by atomic mass is 10.2. The molecule has 3 N–H and O–H groups in total. The molecule has 1 saturated heterocycles. The van der Waals surface area contributed by atoms with Gasteiger partial charge >= 0.3 is 19.4 Å². The molecule has 36 heavy (non-hydrogen) atoms. The lowest BCUT2D eigenvalue weighted by Crippen LogP contribution is -2.37. The van der Waals surface area contributed by atoms with E-state index >= 15 is 0 Å². The van der Waals surface area contributed by atoms with Gasteiger partial charge in [0.2, 0.25) is 0 Å². The minimum Gasteiger partial charge on any atom is -0.462 e. The number of para-hydroxylation sites is 1. The number of carbonyl (C=O) groups excluding carboxylic acids is 1. The highest BCUT2D eigenvalue weighted by molar-refractivity contribution is 7.52. The van der Waals surface area contributed by atoms with Gasteiger partial charge in [0.1, 0.15) is 29.4 Å². The molecule has 198 valence electrons. The van der Waals surface area contributed by atoms with Crippen LogP contribution in [0.15, 0.2) is 46.1 Å². The van der Waals surface area contributed by atoms with Gasteiger partial charge in [0.25, 0.3) is 5.56 Å². The van der Waals surface area contributed by atoms with E-state index in [0.717, 1.165) is 4.57 Å². The number of hydrogen-bond donors (Lipinski definition) is 3. The number of benzene rings is 1. The normalized spacial score (nSPS) is 24.3. The zero-order chi connectivity index (χ0) is 26.6. The number of rotatable bonds is 10. The zero-order valence-corrected chi connectivity index (χ0v) is 21.8. The van der Waals surface area contributed by atoms with Crippen molar-refractivity contribution in [3.8, 4) is 5.75 Å². The molecule has 6 atom stereocenters. The predicted molar refractivity (Wildman–Crippen MR) is 130 cm³/mol. The maximum Gasteiger partial charge on any atom is 0.459 e. The molecule has 1 aliphatic heterocycles. The van der Waals surface area contributed by atoms with E-state index in [2.05, 4.69) is 10.1 Å². The fourth-order valence-electron chi connectivity index (χ4n) is 3.35. The lowest BCUT2D eigenvalue weighted by Gasteiger charge is -2.25. The molecular formula is C22H29ClN3O9P. The van der Waals surface area contributed by atoms with Crippen molar-refractivity contribution in [3.05, 3.63) is 62.9 Å². The summed E-state index contributed by atoms with van der Waals surface area (Å²) in [6.45, 7) is 5.81. The molecule has 0 spiro atoms. The Morgan fingerprint density at radius 2 is 1.94 bits per heavy atom. The summed E-state index contributed by atoms with van der Waals surface area (Å²) in [7, 11) is -4.21. The number of nitrogens with one attached hydrogen (secondary N) is 2. The number of H-pyrrole nitrogens is 1. The van der Waals surface area contributed by atoms with Crippen LogP contribution < -0.4 is 20.9 Å². The highest BCUT2D eigenvalue weighted by Gasteiger charge is 2.45. The third-order valence-electron chi connectivity index (χ3n) is 5.15. The molecule has 12 nitrogen and oxygen atoms in total. The fourth-order valence-corrected chi connectivity index (χ4v) is 5.19. The summed E-state index contributed by atoms with van der Waals surface area (Å²) in [5.74, 6) is -0.467. The van der Waals surface area contributed by atoms with E-state index in [4.69, 9.17) is 30.1 Å². The number of hydrogen-bond acceptors (Lipinski definition) is 9. The first-order valence-corrected chi connectivity index (χ1v) is 13.2. The Labute approximate surface area is 212 Å². The number of esters is 1. The number of nitrogens with zero attached hydrogens (tertiary/aromatic N) is 1. The van der Waals surface area contributed by atoms with Crippen molar-refractivity contribution < 1.29 is 33.0 Å². The van der Waals surface area contributed by atoms with Gasteiger partial charge in [-0.3, -0.25) is 23.7 Å². The number of alkyl halides is 1. The Kier molecular flexibility index (Phi) is 9.15. The molecule has 0 radical (unpaired) electrons. The van der Waals surface area contributed by atoms with Gasteiger partial charge in [-0.05, 0) is 39.8 Å². The highest BCUT2D eigenvalue weighted by atomic mass is 35.5. The Balaban J connectivity index is 1.77. The average molecular weight is 546 g/mol. The molecule has 1 fully saturated rings. The molecule has 0 amide bonds. The number of ether oxygens (including phenoxy) is 2. The maximum absolute atomic E-state index is 13.6. The van der Waals surface area contributed by atoms with Crippen LogP contribution in [0.3, 0.4) is 0 Å². The third-order valence-corrected chi connectivity index (χ3v) is 7.27. The number of carbonyl (C=O) groups is 1. The molecular weight excluding hydrogens is 517 g/mol. The first-order valence-electron chi connectivity index (χ1n) is 11.2. The quantitative estimate of drug-likeness (QED) is 0.228. The smallest absolute Gasteiger partial charge is 0.459 e. The summed E-state index contributed by atoms with van der Waals surface area (Å²) in [5.41, 5.74) is -1.09. The molecule has 14 heteroatoms. The number of aromatic amines is 1. The first kappa shape index (κ1) is 28.1. The van der Waals surface area contributed by atoms with Crippen molar-refractivity contribution in [1.29, 1.82) is 0 Å². The van der Waals surface area contributed by atoms with Gasteiger partial charge in [-0.1, -0.05) is 18.2 Å². The van der Waals surface area contributed by atoms with Crippen LogP contribution in [0.1, 0.15) is 32.6 Å². The molecule has 2 aromatic rings. The predicted octanol–water partition coefficient (Wildman–Crippen LogP) is 1.84.